The van der Waals surface area contributed by atoms with E-state index in [1.165, 1.54) is 11.1 Å². The van der Waals surface area contributed by atoms with Crippen molar-refractivity contribution >= 4 is 5.91 Å². The average Bonchev–Trinajstić information content (AvgIpc) is 2.89. The first-order valence-corrected chi connectivity index (χ1v) is 12.1. The number of carbonyl (C=O) groups excluding carboxylic acids is 1. The van der Waals surface area contributed by atoms with Crippen molar-refractivity contribution in [2.45, 2.75) is 45.9 Å². The first-order valence-electron chi connectivity index (χ1n) is 12.1. The van der Waals surface area contributed by atoms with E-state index in [-0.39, 0.29) is 5.91 Å². The lowest BCUT2D eigenvalue weighted by atomic mass is 9.98. The molecule has 0 saturated heterocycles. The van der Waals surface area contributed by atoms with Crippen LogP contribution in [-0.4, -0.2) is 41.5 Å². The minimum Gasteiger partial charge on any atom is -0.490 e. The SMILES string of the molecule is CCOc1cc(C(=O)NCC(CC)N2CCc3ccccc3C2)ccc1OCc1ccncc1. The number of nitrogens with one attached hydrogen (secondary N) is 1. The number of benzene rings is 2. The van der Waals surface area contributed by atoms with Crippen LogP contribution < -0.4 is 14.8 Å². The molecule has 1 aliphatic heterocycles. The molecule has 4 rings (SSSR count). The van der Waals surface area contributed by atoms with Crippen molar-refractivity contribution in [3.63, 3.8) is 0 Å². The Hall–Kier alpha value is -3.38. The van der Waals surface area contributed by atoms with Gasteiger partial charge in [-0.3, -0.25) is 14.7 Å². The Morgan fingerprint density at radius 2 is 1.82 bits per heavy atom. The van der Waals surface area contributed by atoms with Gasteiger partial charge in [-0.25, -0.2) is 0 Å². The molecule has 0 fully saturated rings. The summed E-state index contributed by atoms with van der Waals surface area (Å²) in [6.07, 6.45) is 5.51. The Balaban J connectivity index is 1.37. The summed E-state index contributed by atoms with van der Waals surface area (Å²) in [5, 5.41) is 3.13. The molecular weight excluding hydrogens is 426 g/mol. The van der Waals surface area contributed by atoms with Gasteiger partial charge in [0.25, 0.3) is 5.91 Å². The van der Waals surface area contributed by atoms with Crippen LogP contribution in [0.2, 0.25) is 0 Å². The van der Waals surface area contributed by atoms with E-state index in [1.807, 2.05) is 19.1 Å². The minimum absolute atomic E-state index is 0.0995. The van der Waals surface area contributed by atoms with Crippen LogP contribution in [0.1, 0.15) is 47.3 Å². The van der Waals surface area contributed by atoms with Crippen molar-refractivity contribution < 1.29 is 14.3 Å². The lowest BCUT2D eigenvalue weighted by Gasteiger charge is -2.35. The fourth-order valence-electron chi connectivity index (χ4n) is 4.35. The molecular formula is C28H33N3O3. The summed E-state index contributed by atoms with van der Waals surface area (Å²) in [5.74, 6) is 1.09. The van der Waals surface area contributed by atoms with Crippen molar-refractivity contribution in [1.29, 1.82) is 0 Å². The molecule has 1 atom stereocenters. The van der Waals surface area contributed by atoms with Crippen molar-refractivity contribution in [2.75, 3.05) is 19.7 Å². The second-order valence-corrected chi connectivity index (χ2v) is 8.50. The van der Waals surface area contributed by atoms with E-state index in [9.17, 15) is 4.79 Å². The van der Waals surface area contributed by atoms with E-state index < -0.39 is 0 Å². The van der Waals surface area contributed by atoms with Gasteiger partial charge in [0.15, 0.2) is 11.5 Å². The third-order valence-corrected chi connectivity index (χ3v) is 6.30. The standard InChI is InChI=1S/C28H33N3O3/c1-3-25(31-16-13-22-7-5-6-8-24(22)19-31)18-30-28(32)23-9-10-26(27(17-23)33-4-2)34-20-21-11-14-29-15-12-21/h5-12,14-15,17,25H,3-4,13,16,18-20H2,1-2H3,(H,30,32). The monoisotopic (exact) mass is 459 g/mol. The summed E-state index contributed by atoms with van der Waals surface area (Å²) in [4.78, 5) is 19.5. The number of fused-ring (bicyclic) bond motifs is 1. The van der Waals surface area contributed by atoms with E-state index in [0.717, 1.165) is 31.5 Å². The van der Waals surface area contributed by atoms with E-state index in [1.54, 1.807) is 30.6 Å². The zero-order valence-corrected chi connectivity index (χ0v) is 20.0. The number of rotatable bonds is 10. The molecule has 0 aliphatic carbocycles. The number of ether oxygens (including phenoxy) is 2. The lowest BCUT2D eigenvalue weighted by molar-refractivity contribution is 0.0925. The number of carbonyl (C=O) groups is 1. The highest BCUT2D eigenvalue weighted by molar-refractivity contribution is 5.94. The predicted octanol–water partition coefficient (Wildman–Crippen LogP) is 4.63. The molecule has 0 bridgehead atoms. The summed E-state index contributed by atoms with van der Waals surface area (Å²) in [7, 11) is 0. The molecule has 178 valence electrons. The third-order valence-electron chi connectivity index (χ3n) is 6.30. The van der Waals surface area contributed by atoms with Crippen molar-refractivity contribution in [3.05, 3.63) is 89.2 Å². The van der Waals surface area contributed by atoms with Gasteiger partial charge in [-0.1, -0.05) is 31.2 Å². The van der Waals surface area contributed by atoms with Crippen molar-refractivity contribution in [3.8, 4) is 11.5 Å². The molecule has 6 heteroatoms. The van der Waals surface area contributed by atoms with Crippen LogP contribution in [0.3, 0.4) is 0 Å². The van der Waals surface area contributed by atoms with E-state index in [0.29, 0.717) is 42.9 Å². The largest absolute Gasteiger partial charge is 0.490 e. The summed E-state index contributed by atoms with van der Waals surface area (Å²) in [5.41, 5.74) is 4.42. The minimum atomic E-state index is -0.0995. The van der Waals surface area contributed by atoms with Gasteiger partial charge in [-0.15, -0.1) is 0 Å². The fraction of sp³-hybridized carbons (Fsp3) is 0.357. The Morgan fingerprint density at radius 3 is 2.59 bits per heavy atom. The van der Waals surface area contributed by atoms with Crippen LogP contribution in [-0.2, 0) is 19.6 Å². The van der Waals surface area contributed by atoms with Gasteiger partial charge in [0.2, 0.25) is 0 Å². The molecule has 0 radical (unpaired) electrons. The molecule has 2 heterocycles. The quantitative estimate of drug-likeness (QED) is 0.479. The average molecular weight is 460 g/mol. The number of hydrogen-bond acceptors (Lipinski definition) is 5. The van der Waals surface area contributed by atoms with E-state index >= 15 is 0 Å². The van der Waals surface area contributed by atoms with Crippen LogP contribution >= 0.6 is 0 Å². The maximum absolute atomic E-state index is 13.0. The predicted molar refractivity (Wildman–Crippen MR) is 133 cm³/mol. The second kappa shape index (κ2) is 11.7. The van der Waals surface area contributed by atoms with Gasteiger partial charge >= 0.3 is 0 Å². The van der Waals surface area contributed by atoms with Gasteiger partial charge < -0.3 is 14.8 Å². The highest BCUT2D eigenvalue weighted by Gasteiger charge is 2.23. The molecule has 1 amide bonds. The highest BCUT2D eigenvalue weighted by Crippen LogP contribution is 2.29. The molecule has 0 saturated carbocycles. The summed E-state index contributed by atoms with van der Waals surface area (Å²) in [6, 6.07) is 18.1. The molecule has 3 aromatic rings. The molecule has 6 nitrogen and oxygen atoms in total. The second-order valence-electron chi connectivity index (χ2n) is 8.50. The van der Waals surface area contributed by atoms with Gasteiger partial charge in [0.05, 0.1) is 6.61 Å². The Kier molecular flexibility index (Phi) is 8.15. The van der Waals surface area contributed by atoms with Crippen LogP contribution in [0.25, 0.3) is 0 Å². The Morgan fingerprint density at radius 1 is 1.03 bits per heavy atom. The Labute approximate surface area is 201 Å². The number of pyridine rings is 1. The van der Waals surface area contributed by atoms with Gasteiger partial charge in [-0.05, 0) is 66.8 Å². The highest BCUT2D eigenvalue weighted by atomic mass is 16.5. The zero-order chi connectivity index (χ0) is 23.8. The van der Waals surface area contributed by atoms with Gasteiger partial charge in [0, 0.05) is 43.6 Å². The Bertz CT molecular complexity index is 1090. The van der Waals surface area contributed by atoms with Crippen molar-refractivity contribution in [1.82, 2.24) is 15.2 Å². The zero-order valence-electron chi connectivity index (χ0n) is 20.0. The third kappa shape index (κ3) is 5.94. The molecule has 0 spiro atoms. The number of amides is 1. The summed E-state index contributed by atoms with van der Waals surface area (Å²) < 4.78 is 11.7. The lowest BCUT2D eigenvalue weighted by Crippen LogP contribution is -2.45. The number of aromatic nitrogens is 1. The van der Waals surface area contributed by atoms with Crippen LogP contribution in [0.5, 0.6) is 11.5 Å². The van der Waals surface area contributed by atoms with Crippen LogP contribution in [0, 0.1) is 0 Å². The molecule has 1 N–H and O–H groups in total. The summed E-state index contributed by atoms with van der Waals surface area (Å²) >= 11 is 0. The maximum Gasteiger partial charge on any atom is 0.251 e. The molecule has 1 unspecified atom stereocenters. The van der Waals surface area contributed by atoms with Gasteiger partial charge in [-0.2, -0.15) is 0 Å². The number of nitrogens with zero attached hydrogens (tertiary/aromatic N) is 2. The smallest absolute Gasteiger partial charge is 0.251 e. The summed E-state index contributed by atoms with van der Waals surface area (Å²) in [6.45, 7) is 7.56. The normalized spacial score (nSPS) is 14.2. The van der Waals surface area contributed by atoms with E-state index in [2.05, 4.69) is 46.4 Å². The van der Waals surface area contributed by atoms with Crippen molar-refractivity contribution in [2.24, 2.45) is 0 Å². The topological polar surface area (TPSA) is 63.7 Å². The van der Waals surface area contributed by atoms with Crippen LogP contribution in [0.4, 0.5) is 0 Å². The van der Waals surface area contributed by atoms with Crippen LogP contribution in [0.15, 0.2) is 67.0 Å². The number of hydrogen-bond donors (Lipinski definition) is 1. The maximum atomic E-state index is 13.0. The van der Waals surface area contributed by atoms with E-state index in [4.69, 9.17) is 9.47 Å². The molecule has 1 aromatic heterocycles. The first kappa shape index (κ1) is 23.8. The van der Waals surface area contributed by atoms with Gasteiger partial charge in [0.1, 0.15) is 6.61 Å². The molecule has 2 aromatic carbocycles. The molecule has 34 heavy (non-hydrogen) atoms. The fourth-order valence-corrected chi connectivity index (χ4v) is 4.35. The first-order chi connectivity index (χ1) is 16.7. The molecule has 1 aliphatic rings.